The monoisotopic (exact) mass is 1470 g/mol. The third kappa shape index (κ3) is 25.0. The van der Waals surface area contributed by atoms with Crippen LogP contribution in [0.4, 0.5) is 63.1 Å². The van der Waals surface area contributed by atoms with Gasteiger partial charge in [-0.15, -0.1) is 0 Å². The first-order valence-electron chi connectivity index (χ1n) is 25.5. The van der Waals surface area contributed by atoms with E-state index < -0.39 is 70.5 Å². The fourth-order valence-electron chi connectivity index (χ4n) is 6.78. The van der Waals surface area contributed by atoms with Crippen LogP contribution in [0, 0.1) is 26.6 Å². The van der Waals surface area contributed by atoms with E-state index in [1.165, 1.54) is 42.5 Å². The maximum Gasteiger partial charge on any atom is 0.418 e. The number of hydrogen-bond acceptors (Lipinski definition) is 16. The molecule has 93 heavy (non-hydrogen) atoms. The van der Waals surface area contributed by atoms with E-state index in [1.54, 1.807) is 79.7 Å². The molecule has 8 aromatic carbocycles. The van der Waals surface area contributed by atoms with Crippen LogP contribution in [0.15, 0.2) is 142 Å². The van der Waals surface area contributed by atoms with E-state index in [0.717, 1.165) is 33.8 Å². The van der Waals surface area contributed by atoms with E-state index in [-0.39, 0.29) is 28.1 Å². The SMILES string of the molecule is Cc1c(Br)ccc(C(N)=O)c1N.Cc1c(Cl)ccc(C(N)=O)c1N.Cc1ccc(C(N)=O)c(N)c1.NC(=O)c1ccc(Cl)cc1N.NC(=O)c1cccc(Br)c1N.NC(=O)c1cccc(C(F)(F)F)c1N.NC(=O)c1cccc(Cl)c1N.NC(=O)c1cccc(F)c1N. The molecule has 0 radical (unpaired) electrons. The predicted octanol–water partition coefficient (Wildman–Crippen LogP) is 8.51. The molecule has 0 fully saturated rings. The van der Waals surface area contributed by atoms with E-state index in [2.05, 4.69) is 31.9 Å². The zero-order chi connectivity index (χ0) is 71.7. The summed E-state index contributed by atoms with van der Waals surface area (Å²) in [5.41, 5.74) is 88.1. The molecule has 8 rings (SSSR count). The van der Waals surface area contributed by atoms with E-state index in [9.17, 15) is 55.9 Å². The van der Waals surface area contributed by atoms with Gasteiger partial charge in [-0.2, -0.15) is 13.2 Å². The van der Waals surface area contributed by atoms with Gasteiger partial charge in [-0.05, 0) is 157 Å². The number of primary amides is 8. The van der Waals surface area contributed by atoms with Crippen molar-refractivity contribution in [3.8, 4) is 0 Å². The summed E-state index contributed by atoms with van der Waals surface area (Å²) >= 11 is 23.5. The molecule has 0 heterocycles. The van der Waals surface area contributed by atoms with Gasteiger partial charge in [-0.25, -0.2) is 4.39 Å². The average Bonchev–Trinajstić information content (AvgIpc) is 1.02. The van der Waals surface area contributed by atoms with Gasteiger partial charge in [-0.1, -0.05) is 81.1 Å². The van der Waals surface area contributed by atoms with Crippen molar-refractivity contribution < 1.29 is 55.9 Å². The van der Waals surface area contributed by atoms with Gasteiger partial charge < -0.3 is 91.7 Å². The molecular weight excluding hydrogens is 1410 g/mol. The number of anilines is 8. The number of amides is 8. The van der Waals surface area contributed by atoms with Crippen LogP contribution in [0.25, 0.3) is 0 Å². The number of carbonyl (C=O) groups excluding carboxylic acids is 8. The smallest absolute Gasteiger partial charge is 0.398 e. The molecule has 32 N–H and O–H groups in total. The van der Waals surface area contributed by atoms with Crippen molar-refractivity contribution in [1.29, 1.82) is 0 Å². The Morgan fingerprint density at radius 1 is 0.355 bits per heavy atom. The maximum absolute atomic E-state index is 12.6. The lowest BCUT2D eigenvalue weighted by Crippen LogP contribution is -2.17. The van der Waals surface area contributed by atoms with E-state index in [1.807, 2.05) is 13.8 Å². The fraction of sp³-hybridized carbons (Fsp3) is 0.0667. The van der Waals surface area contributed by atoms with E-state index >= 15 is 0 Å². The van der Waals surface area contributed by atoms with Gasteiger partial charge in [0.05, 0.1) is 77.8 Å². The van der Waals surface area contributed by atoms with Gasteiger partial charge in [0.2, 0.25) is 0 Å². The first-order valence-corrected chi connectivity index (χ1v) is 28.2. The van der Waals surface area contributed by atoms with Crippen molar-refractivity contribution in [2.75, 3.05) is 45.9 Å². The van der Waals surface area contributed by atoms with E-state index in [0.29, 0.717) is 81.4 Å². The lowest BCUT2D eigenvalue weighted by molar-refractivity contribution is -0.136. The first-order chi connectivity index (χ1) is 43.0. The zero-order valence-corrected chi connectivity index (χ0v) is 54.5. The van der Waals surface area contributed by atoms with Crippen LogP contribution in [-0.2, 0) is 6.18 Å². The van der Waals surface area contributed by atoms with Gasteiger partial charge in [0.1, 0.15) is 5.82 Å². The highest BCUT2D eigenvalue weighted by atomic mass is 79.9. The number of nitrogen functional groups attached to an aromatic ring is 8. The second kappa shape index (κ2) is 37.0. The molecule has 8 amide bonds. The van der Waals surface area contributed by atoms with Gasteiger partial charge in [-0.3, -0.25) is 38.4 Å². The maximum atomic E-state index is 12.6. The quantitative estimate of drug-likeness (QED) is 0.0500. The number of benzene rings is 8. The molecule has 0 spiro atoms. The average molecular weight is 1480 g/mol. The molecule has 0 saturated carbocycles. The normalized spacial score (nSPS) is 9.89. The van der Waals surface area contributed by atoms with Crippen molar-refractivity contribution in [3.05, 3.63) is 230 Å². The highest BCUT2D eigenvalue weighted by Gasteiger charge is 2.34. The van der Waals surface area contributed by atoms with Gasteiger partial charge in [0.25, 0.3) is 47.3 Å². The number of nitrogens with two attached hydrogens (primary N) is 16. The largest absolute Gasteiger partial charge is 0.418 e. The van der Waals surface area contributed by atoms with Crippen LogP contribution < -0.4 is 91.7 Å². The first kappa shape index (κ1) is 80.5. The molecule has 8 aromatic rings. The van der Waals surface area contributed by atoms with Crippen LogP contribution in [0.2, 0.25) is 15.1 Å². The number of hydrogen-bond donors (Lipinski definition) is 16. The summed E-state index contributed by atoms with van der Waals surface area (Å²) in [7, 11) is 0. The summed E-state index contributed by atoms with van der Waals surface area (Å²) in [4.78, 5) is 85.5. The number of carbonyl (C=O) groups is 8. The van der Waals surface area contributed by atoms with Crippen molar-refractivity contribution in [2.24, 2.45) is 45.9 Å². The minimum Gasteiger partial charge on any atom is -0.398 e. The van der Waals surface area contributed by atoms with Crippen molar-refractivity contribution in [1.82, 2.24) is 0 Å². The molecule has 0 bridgehead atoms. The lowest BCUT2D eigenvalue weighted by atomic mass is 10.1. The van der Waals surface area contributed by atoms with Crippen molar-refractivity contribution >= 4 is 159 Å². The Kier molecular flexibility index (Phi) is 32.0. The second-order valence-corrected chi connectivity index (χ2v) is 21.3. The molecule has 0 aliphatic rings. The summed E-state index contributed by atoms with van der Waals surface area (Å²) in [5, 5.41) is 1.38. The predicted molar refractivity (Wildman–Crippen MR) is 365 cm³/mol. The number of para-hydroxylation sites is 4. The summed E-state index contributed by atoms with van der Waals surface area (Å²) < 4.78 is 51.0. The molecule has 0 aliphatic carbocycles. The lowest BCUT2D eigenvalue weighted by Gasteiger charge is -2.11. The number of alkyl halides is 3. The molecule has 0 atom stereocenters. The molecular formula is C60H63Br2Cl3F4N16O8. The highest BCUT2D eigenvalue weighted by Crippen LogP contribution is 2.35. The molecule has 0 aromatic heterocycles. The van der Waals surface area contributed by atoms with Crippen molar-refractivity contribution in [3.63, 3.8) is 0 Å². The Labute approximate surface area is 560 Å². The summed E-state index contributed by atoms with van der Waals surface area (Å²) in [6, 6.07) is 32.9. The van der Waals surface area contributed by atoms with Gasteiger partial charge in [0.15, 0.2) is 0 Å². The molecule has 0 unspecified atom stereocenters. The zero-order valence-electron chi connectivity index (χ0n) is 49.1. The number of aryl methyl sites for hydroxylation is 1. The Bertz CT molecular complexity index is 3820. The molecule has 24 nitrogen and oxygen atoms in total. The number of rotatable bonds is 8. The molecule has 33 heteroatoms. The second-order valence-electron chi connectivity index (χ2n) is 18.4. The van der Waals surface area contributed by atoms with Gasteiger partial charge >= 0.3 is 6.18 Å². The van der Waals surface area contributed by atoms with Gasteiger partial charge in [0, 0.05) is 41.7 Å². The van der Waals surface area contributed by atoms with Crippen LogP contribution in [0.5, 0.6) is 0 Å². The highest BCUT2D eigenvalue weighted by molar-refractivity contribution is 9.11. The number of halogens is 9. The molecule has 0 aliphatic heterocycles. The minimum atomic E-state index is -4.57. The topological polar surface area (TPSA) is 553 Å². The van der Waals surface area contributed by atoms with Crippen molar-refractivity contribution in [2.45, 2.75) is 26.9 Å². The summed E-state index contributed by atoms with van der Waals surface area (Å²) in [5.74, 6) is -5.46. The van der Waals surface area contributed by atoms with Crippen LogP contribution >= 0.6 is 66.7 Å². The summed E-state index contributed by atoms with van der Waals surface area (Å²) in [6.45, 7) is 5.47. The minimum absolute atomic E-state index is 0.0185. The Morgan fingerprint density at radius 3 is 1.12 bits per heavy atom. The Morgan fingerprint density at radius 2 is 0.710 bits per heavy atom. The van der Waals surface area contributed by atoms with Crippen LogP contribution in [0.1, 0.15) is 105 Å². The Hall–Kier alpha value is -10.5. The third-order valence-electron chi connectivity index (χ3n) is 11.8. The van der Waals surface area contributed by atoms with Crippen LogP contribution in [0.3, 0.4) is 0 Å². The third-order valence-corrected chi connectivity index (χ3v) is 14.3. The Balaban J connectivity index is 0.000000532. The van der Waals surface area contributed by atoms with E-state index in [4.69, 9.17) is 127 Å². The fourth-order valence-corrected chi connectivity index (χ4v) is 8.01. The van der Waals surface area contributed by atoms with Crippen LogP contribution in [-0.4, -0.2) is 47.3 Å². The summed E-state index contributed by atoms with van der Waals surface area (Å²) in [6.07, 6.45) is -4.57. The standard InChI is InChI=1S/C8H9BrN2O.C8H9ClN2O.C8H7F3N2O.C8H10N2O.C7H7BrN2O.2C7H7ClN2O.C7H7FN2O/c2*1-4-6(9)3-2-5(7(4)10)8(11)12;9-8(10,11)5-3-1-2-4(6(5)12)7(13)14;1-5-2-3-6(8(10)11)7(9)4-5;8-5-3-1-2-4(6(5)9)7(10)11;8-4-1-2-5(7(10)11)6(9)3-4;2*8-5-3-1-2-4(6(5)9)7(10)11/h2*2-3H,10H2,1H3,(H2,11,12);1-3H,12H2,(H2,13,14);2-4H,9H2,1H3,(H2,10,11);4*1-3H,9H2,(H2,10,11). The molecule has 494 valence electrons. The molecule has 0 saturated heterocycles.